The Balaban J connectivity index is 1.09. The molecule has 7 aromatic rings. The number of para-hydroxylation sites is 3. The quantitative estimate of drug-likeness (QED) is 0.144. The molecule has 11 nitrogen and oxygen atoms in total. The minimum atomic E-state index is -0.822. The minimum absolute atomic E-state index is 0.0394. The molecule has 77 heavy (non-hydrogen) atoms. The van der Waals surface area contributed by atoms with E-state index in [0.29, 0.717) is 12.4 Å². The van der Waals surface area contributed by atoms with Crippen LogP contribution in [0.1, 0.15) is 136 Å². The van der Waals surface area contributed by atoms with Crippen LogP contribution in [0, 0.1) is 0 Å². The van der Waals surface area contributed by atoms with E-state index in [0.717, 1.165) is 72.6 Å². The maximum atomic E-state index is 7.08. The number of hydrogen-bond acceptors (Lipinski definition) is 10. The first-order chi connectivity index (χ1) is 35.9. The van der Waals surface area contributed by atoms with Crippen molar-refractivity contribution in [1.82, 2.24) is 9.55 Å². The van der Waals surface area contributed by atoms with Crippen LogP contribution in [-0.2, 0) is 38.3 Å². The lowest BCUT2D eigenvalue weighted by atomic mass is 9.49. The van der Waals surface area contributed by atoms with Crippen molar-refractivity contribution in [2.75, 3.05) is 16.5 Å². The van der Waals surface area contributed by atoms with E-state index in [4.69, 9.17) is 37.2 Å². The number of benzene rings is 5. The third-order valence-corrected chi connectivity index (χ3v) is 14.7. The lowest BCUT2D eigenvalue weighted by Gasteiger charge is -2.43. The average Bonchev–Trinajstić information content (AvgIpc) is 4.12. The van der Waals surface area contributed by atoms with Gasteiger partial charge in [0.15, 0.2) is 0 Å². The number of hydrogen-bond donors (Lipinski definition) is 0. The maximum absolute atomic E-state index is 7.08. The van der Waals surface area contributed by atoms with Crippen LogP contribution in [0.2, 0.25) is 21.3 Å². The molecular weight excluding hydrogens is 954 g/mol. The molecule has 0 spiro atoms. The molecule has 0 atom stereocenters. The van der Waals surface area contributed by atoms with Crippen LogP contribution in [0.4, 0.5) is 22.7 Å². The Morgan fingerprint density at radius 2 is 0.935 bits per heavy atom. The van der Waals surface area contributed by atoms with Gasteiger partial charge in [-0.25, -0.2) is 4.98 Å². The molecule has 0 saturated carbocycles. The van der Waals surface area contributed by atoms with Crippen LogP contribution < -0.4 is 25.5 Å². The van der Waals surface area contributed by atoms with E-state index in [1.54, 1.807) is 0 Å². The molecule has 2 fully saturated rings. The highest BCUT2D eigenvalue weighted by atomic mass is 16.7. The third-order valence-electron chi connectivity index (χ3n) is 14.7. The Morgan fingerprint density at radius 3 is 1.47 bits per heavy atom. The average molecular weight is 1030 g/mol. The highest BCUT2D eigenvalue weighted by Gasteiger charge is 2.55. The van der Waals surface area contributed by atoms with Crippen molar-refractivity contribution >= 4 is 98.2 Å². The van der Waals surface area contributed by atoms with E-state index in [-0.39, 0.29) is 32.1 Å². The third kappa shape index (κ3) is 11.0. The van der Waals surface area contributed by atoms with Crippen LogP contribution in [-0.4, -0.2) is 58.9 Å². The number of anilines is 4. The minimum Gasteiger partial charge on any atom is -0.457 e. The molecule has 10 rings (SSSR count). The van der Waals surface area contributed by atoms with E-state index in [1.807, 2.05) is 12.3 Å². The predicted octanol–water partition coefficient (Wildman–Crippen LogP) is 14.5. The van der Waals surface area contributed by atoms with E-state index in [2.05, 4.69) is 248 Å². The SMILES string of the molecule is CC(C)(C)B1OB(c2cc(C(C)(C)C)cc(B3OB(C(C)(C)C)OB(C(C)(C)C)O3)c2N2CN(c3cccc(Oc4ccc5c6ccccc6n(-c6cc(C(C)(C)C)ccn6)c5c4)c3)c3ccccc32)OB(C(C)(C)C)O1. The summed E-state index contributed by atoms with van der Waals surface area (Å²) >= 11 is 0. The van der Waals surface area contributed by atoms with Gasteiger partial charge in [0.25, 0.3) is 0 Å². The summed E-state index contributed by atoms with van der Waals surface area (Å²) in [6.07, 6.45) is 1.91. The highest BCUT2D eigenvalue weighted by molar-refractivity contribution is 6.84. The van der Waals surface area contributed by atoms with Crippen LogP contribution in [0.25, 0.3) is 27.6 Å². The van der Waals surface area contributed by atoms with E-state index < -0.39 is 42.7 Å². The standard InChI is InChI=1S/C60H76B6N4O7/c1-55(2,3)40-32-33-67-53(36-40)70-49-27-20-19-26-45(49)46-31-30-44(38-52(46)70)71-43-25-23-24-42(37-43)68-39-69(51-29-22-21-28-50(51)68)54-47(61-72-63(57(7,8)9)76-64(73-61)58(10,11)12)34-41(56(4,5)6)35-48(54)62-74-65(59(13,14)15)77-66(75-62)60(16,17)18/h19-38H,39H2,1-18H3. The second-order valence-electron chi connectivity index (χ2n) is 27.8. The van der Waals surface area contributed by atoms with Gasteiger partial charge in [0.2, 0.25) is 0 Å². The fourth-order valence-electron chi connectivity index (χ4n) is 10.3. The number of rotatable bonds is 7. The zero-order valence-electron chi connectivity index (χ0n) is 48.9. The second-order valence-corrected chi connectivity index (χ2v) is 27.8. The van der Waals surface area contributed by atoms with Crippen molar-refractivity contribution in [2.24, 2.45) is 0 Å². The van der Waals surface area contributed by atoms with Gasteiger partial charge in [0, 0.05) is 51.4 Å². The smallest absolute Gasteiger partial charge is 0.457 e. The summed E-state index contributed by atoms with van der Waals surface area (Å²) in [6.45, 7) is 39.6. The first kappa shape index (κ1) is 54.9. The van der Waals surface area contributed by atoms with Gasteiger partial charge in [-0.15, -0.1) is 0 Å². The molecule has 0 amide bonds. The molecule has 396 valence electrons. The van der Waals surface area contributed by atoms with Crippen molar-refractivity contribution < 1.29 is 32.2 Å². The number of ether oxygens (including phenoxy) is 1. The Bertz CT molecular complexity index is 3220. The fraction of sp³-hybridized carbons (Fsp3) is 0.417. The predicted molar refractivity (Wildman–Crippen MR) is 324 cm³/mol. The molecule has 0 bridgehead atoms. The van der Waals surface area contributed by atoms with Gasteiger partial charge in [0.1, 0.15) is 24.0 Å². The Kier molecular flexibility index (Phi) is 14.1. The number of nitrogens with zero attached hydrogens (tertiary/aromatic N) is 4. The molecule has 0 N–H and O–H groups in total. The van der Waals surface area contributed by atoms with E-state index in [9.17, 15) is 0 Å². The Morgan fingerprint density at radius 1 is 0.442 bits per heavy atom. The lowest BCUT2D eigenvalue weighted by Crippen LogP contribution is -2.62. The summed E-state index contributed by atoms with van der Waals surface area (Å²) < 4.78 is 50.8. The molecule has 2 saturated heterocycles. The van der Waals surface area contributed by atoms with Crippen LogP contribution in [0.15, 0.2) is 121 Å². The van der Waals surface area contributed by atoms with E-state index in [1.165, 1.54) is 5.56 Å². The summed E-state index contributed by atoms with van der Waals surface area (Å²) in [5.41, 5.74) is 9.69. The second kappa shape index (κ2) is 19.7. The summed E-state index contributed by atoms with van der Waals surface area (Å²) in [7, 11) is -3.93. The zero-order valence-corrected chi connectivity index (χ0v) is 48.9. The topological polar surface area (TPSA) is 88.9 Å². The van der Waals surface area contributed by atoms with Crippen LogP contribution in [0.5, 0.6) is 11.5 Å². The molecule has 17 heteroatoms. The van der Waals surface area contributed by atoms with Gasteiger partial charge in [0.05, 0.1) is 22.4 Å². The Hall–Kier alpha value is -5.40. The van der Waals surface area contributed by atoms with Crippen molar-refractivity contribution in [2.45, 2.75) is 157 Å². The van der Waals surface area contributed by atoms with Gasteiger partial charge in [-0.2, -0.15) is 0 Å². The molecule has 0 unspecified atom stereocenters. The largest absolute Gasteiger partial charge is 0.468 e. The van der Waals surface area contributed by atoms with Crippen molar-refractivity contribution in [3.63, 3.8) is 0 Å². The zero-order chi connectivity index (χ0) is 55.4. The summed E-state index contributed by atoms with van der Waals surface area (Å²) in [5, 5.41) is 0.816. The van der Waals surface area contributed by atoms with Gasteiger partial charge in [-0.05, 0) is 97.8 Å². The maximum Gasteiger partial charge on any atom is 0.468 e. The van der Waals surface area contributed by atoms with E-state index >= 15 is 0 Å². The monoisotopic (exact) mass is 1030 g/mol. The molecule has 0 radical (unpaired) electrons. The van der Waals surface area contributed by atoms with Gasteiger partial charge >= 0.3 is 42.7 Å². The van der Waals surface area contributed by atoms with Gasteiger partial charge in [-0.1, -0.05) is 173 Å². The molecule has 5 heterocycles. The number of fused-ring (bicyclic) bond motifs is 4. The lowest BCUT2D eigenvalue weighted by molar-refractivity contribution is 0.250. The van der Waals surface area contributed by atoms with Gasteiger partial charge < -0.3 is 42.0 Å². The fourth-order valence-corrected chi connectivity index (χ4v) is 10.3. The first-order valence-electron chi connectivity index (χ1n) is 27.5. The van der Waals surface area contributed by atoms with Crippen molar-refractivity contribution in [1.29, 1.82) is 0 Å². The molecule has 3 aliphatic heterocycles. The molecule has 3 aliphatic rings. The first-order valence-corrected chi connectivity index (χ1v) is 27.5. The van der Waals surface area contributed by atoms with Crippen molar-refractivity contribution in [3.8, 4) is 17.3 Å². The van der Waals surface area contributed by atoms with Crippen LogP contribution in [0.3, 0.4) is 0 Å². The number of aromatic nitrogens is 2. The summed E-state index contributed by atoms with van der Waals surface area (Å²) in [6, 6.07) is 40.6. The van der Waals surface area contributed by atoms with Crippen LogP contribution >= 0.6 is 0 Å². The molecule has 0 aliphatic carbocycles. The normalized spacial score (nSPS) is 16.4. The van der Waals surface area contributed by atoms with Crippen molar-refractivity contribution in [3.05, 3.63) is 133 Å². The molecule has 2 aromatic heterocycles. The summed E-state index contributed by atoms with van der Waals surface area (Å²) in [5.74, 6) is 2.30. The highest BCUT2D eigenvalue weighted by Crippen LogP contribution is 2.47. The van der Waals surface area contributed by atoms with Gasteiger partial charge in [-0.3, -0.25) is 4.57 Å². The Labute approximate surface area is 460 Å². The summed E-state index contributed by atoms with van der Waals surface area (Å²) in [4.78, 5) is 9.63. The molecule has 5 aromatic carbocycles. The molecular formula is C60H76B6N4O7. The number of pyridine rings is 1.